The van der Waals surface area contributed by atoms with Crippen LogP contribution in [0.2, 0.25) is 0 Å². The number of rotatable bonds is 5. The van der Waals surface area contributed by atoms with Crippen LogP contribution < -0.4 is 4.74 Å². The third kappa shape index (κ3) is 3.17. The van der Waals surface area contributed by atoms with Crippen molar-refractivity contribution in [2.45, 2.75) is 25.7 Å². The zero-order valence-corrected chi connectivity index (χ0v) is 12.5. The van der Waals surface area contributed by atoms with Crippen molar-refractivity contribution in [2.24, 2.45) is 0 Å². The van der Waals surface area contributed by atoms with E-state index in [4.69, 9.17) is 9.84 Å². The number of aromatic carboxylic acids is 1. The number of thiazole rings is 1. The summed E-state index contributed by atoms with van der Waals surface area (Å²) in [5.74, 6) is -0.159. The van der Waals surface area contributed by atoms with Crippen molar-refractivity contribution < 1.29 is 14.6 Å². The molecule has 5 heteroatoms. The maximum absolute atomic E-state index is 10.9. The van der Waals surface area contributed by atoms with Crippen LogP contribution in [-0.4, -0.2) is 23.2 Å². The van der Waals surface area contributed by atoms with Gasteiger partial charge in [-0.1, -0.05) is 26.0 Å². The Morgan fingerprint density at radius 2 is 2.20 bits per heavy atom. The smallest absolute Gasteiger partial charge is 0.355 e. The molecule has 20 heavy (non-hydrogen) atoms. The van der Waals surface area contributed by atoms with Crippen molar-refractivity contribution in [2.75, 3.05) is 7.11 Å². The van der Waals surface area contributed by atoms with Gasteiger partial charge in [-0.05, 0) is 24.1 Å². The van der Waals surface area contributed by atoms with Crippen LogP contribution >= 0.6 is 11.3 Å². The van der Waals surface area contributed by atoms with Crippen molar-refractivity contribution in [3.8, 4) is 5.75 Å². The Balaban J connectivity index is 2.22. The highest BCUT2D eigenvalue weighted by atomic mass is 32.1. The normalized spacial score (nSPS) is 11.3. The lowest BCUT2D eigenvalue weighted by atomic mass is 9.86. The molecule has 4 nitrogen and oxygen atoms in total. The number of nitrogens with zero attached hydrogens (tertiary/aromatic N) is 1. The van der Waals surface area contributed by atoms with E-state index in [1.54, 1.807) is 12.5 Å². The zero-order chi connectivity index (χ0) is 14.8. The third-order valence-electron chi connectivity index (χ3n) is 3.08. The van der Waals surface area contributed by atoms with Crippen LogP contribution in [0.25, 0.3) is 0 Å². The predicted octanol–water partition coefficient (Wildman–Crippen LogP) is 3.37. The summed E-state index contributed by atoms with van der Waals surface area (Å²) in [6.07, 6.45) is 0.775. The Morgan fingerprint density at radius 1 is 1.45 bits per heavy atom. The lowest BCUT2D eigenvalue weighted by Crippen LogP contribution is -2.20. The average Bonchev–Trinajstić information content (AvgIpc) is 2.89. The summed E-state index contributed by atoms with van der Waals surface area (Å²) in [6.45, 7) is 4.13. The number of benzene rings is 1. The van der Waals surface area contributed by atoms with Gasteiger partial charge in [0.05, 0.1) is 12.1 Å². The number of ether oxygens (including phenoxy) is 1. The van der Waals surface area contributed by atoms with Gasteiger partial charge in [-0.25, -0.2) is 9.78 Å². The highest BCUT2D eigenvalue weighted by Gasteiger charge is 2.26. The molecular formula is C15H17NO3S. The van der Waals surface area contributed by atoms with Gasteiger partial charge >= 0.3 is 5.97 Å². The van der Waals surface area contributed by atoms with Gasteiger partial charge in [-0.2, -0.15) is 0 Å². The summed E-state index contributed by atoms with van der Waals surface area (Å²) in [5, 5.41) is 11.4. The van der Waals surface area contributed by atoms with Crippen molar-refractivity contribution in [3.63, 3.8) is 0 Å². The van der Waals surface area contributed by atoms with Gasteiger partial charge < -0.3 is 9.84 Å². The maximum Gasteiger partial charge on any atom is 0.355 e. The van der Waals surface area contributed by atoms with Crippen LogP contribution in [0.3, 0.4) is 0 Å². The topological polar surface area (TPSA) is 59.4 Å². The molecule has 0 aliphatic heterocycles. The van der Waals surface area contributed by atoms with Gasteiger partial charge in [-0.15, -0.1) is 11.3 Å². The first kappa shape index (κ1) is 14.5. The number of hydrogen-bond acceptors (Lipinski definition) is 4. The number of hydrogen-bond donors (Lipinski definition) is 1. The van der Waals surface area contributed by atoms with Crippen molar-refractivity contribution in [1.29, 1.82) is 0 Å². The Hall–Kier alpha value is -1.88. The third-order valence-corrected chi connectivity index (χ3v) is 4.29. The molecule has 0 aliphatic rings. The van der Waals surface area contributed by atoms with Gasteiger partial charge in [0.2, 0.25) is 0 Å². The standard InChI is InChI=1S/C15H17NO3S/c1-15(2,14-16-12(9-20-14)13(17)18)8-10-5-4-6-11(7-10)19-3/h4-7,9H,8H2,1-3H3,(H,17,18). The number of aromatic nitrogens is 1. The number of carbonyl (C=O) groups is 1. The Morgan fingerprint density at radius 3 is 2.80 bits per heavy atom. The molecule has 0 saturated heterocycles. The molecule has 2 aromatic rings. The van der Waals surface area contributed by atoms with Crippen molar-refractivity contribution in [3.05, 3.63) is 45.9 Å². The van der Waals surface area contributed by atoms with Crippen LogP contribution in [-0.2, 0) is 11.8 Å². The lowest BCUT2D eigenvalue weighted by molar-refractivity contribution is 0.0691. The summed E-state index contributed by atoms with van der Waals surface area (Å²) < 4.78 is 5.22. The largest absolute Gasteiger partial charge is 0.497 e. The minimum absolute atomic E-state index is 0.115. The summed E-state index contributed by atoms with van der Waals surface area (Å²) in [4.78, 5) is 15.1. The molecule has 1 N–H and O–H groups in total. The van der Waals surface area contributed by atoms with E-state index < -0.39 is 5.97 Å². The van der Waals surface area contributed by atoms with E-state index in [1.165, 1.54) is 11.3 Å². The molecular weight excluding hydrogens is 274 g/mol. The van der Waals surface area contributed by atoms with E-state index >= 15 is 0 Å². The van der Waals surface area contributed by atoms with Crippen molar-refractivity contribution in [1.82, 2.24) is 4.98 Å². The fourth-order valence-corrected chi connectivity index (χ4v) is 2.97. The highest BCUT2D eigenvalue weighted by molar-refractivity contribution is 7.10. The first-order chi connectivity index (χ1) is 9.42. The molecule has 0 fully saturated rings. The second-order valence-electron chi connectivity index (χ2n) is 5.26. The second kappa shape index (κ2) is 5.63. The van der Waals surface area contributed by atoms with Gasteiger partial charge in [0.25, 0.3) is 0 Å². The van der Waals surface area contributed by atoms with Crippen LogP contribution in [0.15, 0.2) is 29.6 Å². The zero-order valence-electron chi connectivity index (χ0n) is 11.7. The first-order valence-corrected chi connectivity index (χ1v) is 7.12. The quantitative estimate of drug-likeness (QED) is 0.917. The molecule has 1 aromatic heterocycles. The first-order valence-electron chi connectivity index (χ1n) is 6.24. The number of methoxy groups -OCH3 is 1. The molecule has 0 bridgehead atoms. The average molecular weight is 291 g/mol. The maximum atomic E-state index is 10.9. The molecule has 0 spiro atoms. The SMILES string of the molecule is COc1cccc(CC(C)(C)c2nc(C(=O)O)cs2)c1. The van der Waals surface area contributed by atoms with Crippen LogP contribution in [0.4, 0.5) is 0 Å². The van der Waals surface area contributed by atoms with Gasteiger partial charge in [-0.3, -0.25) is 0 Å². The van der Waals surface area contributed by atoms with Gasteiger partial charge in [0.15, 0.2) is 5.69 Å². The van der Waals surface area contributed by atoms with E-state index in [9.17, 15) is 4.79 Å². The monoisotopic (exact) mass is 291 g/mol. The molecule has 0 amide bonds. The fourth-order valence-electron chi connectivity index (χ4n) is 2.05. The molecule has 106 valence electrons. The molecule has 0 atom stereocenters. The molecule has 0 saturated carbocycles. The molecule has 0 aliphatic carbocycles. The second-order valence-corrected chi connectivity index (χ2v) is 6.11. The summed E-state index contributed by atoms with van der Waals surface area (Å²) >= 11 is 1.39. The Kier molecular flexibility index (Phi) is 4.09. The minimum atomic E-state index is -0.982. The van der Waals surface area contributed by atoms with Crippen molar-refractivity contribution >= 4 is 17.3 Å². The number of carboxylic acids is 1. The summed E-state index contributed by atoms with van der Waals surface area (Å²) in [7, 11) is 1.64. The van der Waals surface area contributed by atoms with Crippen LogP contribution in [0, 0.1) is 0 Å². The minimum Gasteiger partial charge on any atom is -0.497 e. The Labute approximate surface area is 122 Å². The van der Waals surface area contributed by atoms with E-state index in [0.29, 0.717) is 0 Å². The van der Waals surface area contributed by atoms with Crippen LogP contribution in [0.1, 0.15) is 34.9 Å². The van der Waals surface area contributed by atoms with E-state index in [2.05, 4.69) is 18.8 Å². The Bertz CT molecular complexity index is 619. The van der Waals surface area contributed by atoms with E-state index in [1.807, 2.05) is 24.3 Å². The molecule has 0 radical (unpaired) electrons. The molecule has 1 heterocycles. The summed E-state index contributed by atoms with van der Waals surface area (Å²) in [6, 6.07) is 7.89. The van der Waals surface area contributed by atoms with Gasteiger partial charge in [0, 0.05) is 10.8 Å². The molecule has 0 unspecified atom stereocenters. The van der Waals surface area contributed by atoms with Crippen LogP contribution in [0.5, 0.6) is 5.75 Å². The van der Waals surface area contributed by atoms with E-state index in [0.717, 1.165) is 22.7 Å². The molecule has 2 rings (SSSR count). The van der Waals surface area contributed by atoms with E-state index in [-0.39, 0.29) is 11.1 Å². The predicted molar refractivity (Wildman–Crippen MR) is 78.8 cm³/mol. The molecule has 1 aromatic carbocycles. The fraction of sp³-hybridized carbons (Fsp3) is 0.333. The number of carboxylic acid groups (broad SMARTS) is 1. The summed E-state index contributed by atoms with van der Waals surface area (Å²) in [5.41, 5.74) is 1.04. The van der Waals surface area contributed by atoms with Gasteiger partial charge in [0.1, 0.15) is 5.75 Å². The highest BCUT2D eigenvalue weighted by Crippen LogP contribution is 2.31. The lowest BCUT2D eigenvalue weighted by Gasteiger charge is -2.22.